The molecule has 224 valence electrons. The van der Waals surface area contributed by atoms with Gasteiger partial charge in [-0.3, -0.25) is 19.6 Å². The highest BCUT2D eigenvalue weighted by Crippen LogP contribution is 2.37. The fourth-order valence-corrected chi connectivity index (χ4v) is 5.35. The first kappa shape index (κ1) is 30.5. The van der Waals surface area contributed by atoms with Crippen LogP contribution in [0.1, 0.15) is 81.2 Å². The Morgan fingerprint density at radius 3 is 2.62 bits per heavy atom. The first-order valence-corrected chi connectivity index (χ1v) is 14.5. The highest BCUT2D eigenvalue weighted by Gasteiger charge is 2.22. The van der Waals surface area contributed by atoms with Crippen LogP contribution in [0.25, 0.3) is 0 Å². The Hall–Kier alpha value is -4.41. The summed E-state index contributed by atoms with van der Waals surface area (Å²) in [6.07, 6.45) is 8.73. The number of hydrogen-bond donors (Lipinski definition) is 4. The lowest BCUT2D eigenvalue weighted by Crippen LogP contribution is -2.31. The van der Waals surface area contributed by atoms with E-state index < -0.39 is 12.0 Å². The Morgan fingerprint density at radius 1 is 1.12 bits per heavy atom. The lowest BCUT2D eigenvalue weighted by molar-refractivity contribution is -0.137. The van der Waals surface area contributed by atoms with Gasteiger partial charge in [0.25, 0.3) is 0 Å². The summed E-state index contributed by atoms with van der Waals surface area (Å²) in [5.74, 6) is 0.632. The van der Waals surface area contributed by atoms with Gasteiger partial charge in [0, 0.05) is 12.4 Å². The molecule has 3 aromatic rings. The van der Waals surface area contributed by atoms with Crippen molar-refractivity contribution in [2.45, 2.75) is 77.3 Å². The number of pyridine rings is 1. The van der Waals surface area contributed by atoms with Crippen LogP contribution in [0.3, 0.4) is 0 Å². The summed E-state index contributed by atoms with van der Waals surface area (Å²) in [7, 11) is 1.51. The van der Waals surface area contributed by atoms with E-state index in [1.807, 2.05) is 18.2 Å². The molecule has 3 amide bonds. The second-order valence-electron chi connectivity index (χ2n) is 11.1. The summed E-state index contributed by atoms with van der Waals surface area (Å²) < 4.78 is 7.11. The molecule has 11 heteroatoms. The Labute approximate surface area is 246 Å². The highest BCUT2D eigenvalue weighted by molar-refractivity contribution is 6.00. The number of aliphatic carboxylic acids is 1. The lowest BCUT2D eigenvalue weighted by Gasteiger charge is -2.19. The highest BCUT2D eigenvalue weighted by atomic mass is 16.5. The van der Waals surface area contributed by atoms with Crippen LogP contribution in [0.15, 0.2) is 48.8 Å². The number of carboxylic acids is 1. The van der Waals surface area contributed by atoms with Crippen LogP contribution in [-0.2, 0) is 22.6 Å². The number of methoxy groups -OCH3 is 1. The van der Waals surface area contributed by atoms with Gasteiger partial charge in [0.2, 0.25) is 5.91 Å². The monoisotopic (exact) mass is 576 g/mol. The standard InChI is InChI=1S/C31H40N6O5/c1-20(2)17-26(24-12-15-37(36-24)16-13-29(39)40)33-28(38)19-21-10-11-25(27(18-21)42-3)34-31(41)35-30-23(9-6-14-32-30)22-7-4-5-8-22/h6,9-12,14-15,18,20,22,26H,4-5,7-8,13,16-17,19H2,1-3H3,(H,33,38)(H,39,40)(H2,32,34,35,41). The van der Waals surface area contributed by atoms with E-state index in [2.05, 4.69) is 39.9 Å². The molecule has 1 unspecified atom stereocenters. The molecule has 1 aliphatic carbocycles. The first-order chi connectivity index (χ1) is 20.2. The average Bonchev–Trinajstić information content (AvgIpc) is 3.65. The summed E-state index contributed by atoms with van der Waals surface area (Å²) in [4.78, 5) is 41.2. The van der Waals surface area contributed by atoms with Gasteiger partial charge in [-0.05, 0) is 66.5 Å². The predicted molar refractivity (Wildman–Crippen MR) is 160 cm³/mol. The van der Waals surface area contributed by atoms with Crippen LogP contribution >= 0.6 is 0 Å². The number of nitrogens with zero attached hydrogens (tertiary/aromatic N) is 3. The van der Waals surface area contributed by atoms with Crippen molar-refractivity contribution in [2.24, 2.45) is 5.92 Å². The van der Waals surface area contributed by atoms with Gasteiger partial charge >= 0.3 is 12.0 Å². The molecular weight excluding hydrogens is 536 g/mol. The average molecular weight is 577 g/mol. The first-order valence-electron chi connectivity index (χ1n) is 14.5. The van der Waals surface area contributed by atoms with Gasteiger partial charge in [-0.25, -0.2) is 9.78 Å². The number of carboxylic acid groups (broad SMARTS) is 1. The maximum atomic E-state index is 13.1. The van der Waals surface area contributed by atoms with Crippen molar-refractivity contribution in [3.63, 3.8) is 0 Å². The van der Waals surface area contributed by atoms with Crippen molar-refractivity contribution >= 4 is 29.4 Å². The van der Waals surface area contributed by atoms with E-state index in [1.165, 1.54) is 20.0 Å². The van der Waals surface area contributed by atoms with Crippen LogP contribution in [0.2, 0.25) is 0 Å². The minimum Gasteiger partial charge on any atom is -0.495 e. The van der Waals surface area contributed by atoms with E-state index in [0.29, 0.717) is 41.2 Å². The number of hydrogen-bond acceptors (Lipinski definition) is 6. The molecule has 0 saturated heterocycles. The molecule has 1 aromatic carbocycles. The molecule has 0 bridgehead atoms. The third-order valence-corrected chi connectivity index (χ3v) is 7.36. The van der Waals surface area contributed by atoms with Crippen molar-refractivity contribution in [2.75, 3.05) is 17.7 Å². The zero-order valence-corrected chi connectivity index (χ0v) is 24.4. The van der Waals surface area contributed by atoms with Crippen LogP contribution in [0, 0.1) is 5.92 Å². The molecule has 2 heterocycles. The SMILES string of the molecule is COc1cc(CC(=O)NC(CC(C)C)c2ccn(CCC(=O)O)n2)ccc1NC(=O)Nc1ncccc1C1CCCC1. The number of benzene rings is 1. The van der Waals surface area contributed by atoms with Gasteiger partial charge in [0.1, 0.15) is 11.6 Å². The fourth-order valence-electron chi connectivity index (χ4n) is 5.35. The van der Waals surface area contributed by atoms with E-state index in [0.717, 1.165) is 24.0 Å². The number of carbonyl (C=O) groups excluding carboxylic acids is 2. The Kier molecular flexibility index (Phi) is 10.5. The van der Waals surface area contributed by atoms with Crippen molar-refractivity contribution in [1.29, 1.82) is 0 Å². The summed E-state index contributed by atoms with van der Waals surface area (Å²) in [6, 6.07) is 10.2. The summed E-state index contributed by atoms with van der Waals surface area (Å²) in [5, 5.41) is 22.2. The van der Waals surface area contributed by atoms with Crippen LogP contribution in [-0.4, -0.2) is 44.9 Å². The van der Waals surface area contributed by atoms with Crippen molar-refractivity contribution < 1.29 is 24.2 Å². The van der Waals surface area contributed by atoms with Crippen LogP contribution in [0.4, 0.5) is 16.3 Å². The maximum Gasteiger partial charge on any atom is 0.324 e. The zero-order valence-electron chi connectivity index (χ0n) is 24.4. The molecular formula is C31H40N6O5. The van der Waals surface area contributed by atoms with E-state index in [1.54, 1.807) is 35.3 Å². The molecule has 42 heavy (non-hydrogen) atoms. The largest absolute Gasteiger partial charge is 0.495 e. The van der Waals surface area contributed by atoms with Crippen LogP contribution < -0.4 is 20.7 Å². The zero-order chi connectivity index (χ0) is 30.1. The molecule has 1 aliphatic rings. The normalized spacial score (nSPS) is 14.0. The second kappa shape index (κ2) is 14.5. The minimum atomic E-state index is -0.891. The minimum absolute atomic E-state index is 0.0265. The van der Waals surface area contributed by atoms with Gasteiger partial charge in [-0.1, -0.05) is 38.8 Å². The summed E-state index contributed by atoms with van der Waals surface area (Å²) in [5.41, 5.74) is 2.94. The Balaban J connectivity index is 1.38. The maximum absolute atomic E-state index is 13.1. The molecule has 11 nitrogen and oxygen atoms in total. The number of ether oxygens (including phenoxy) is 1. The molecule has 0 aliphatic heterocycles. The molecule has 2 aromatic heterocycles. The molecule has 0 spiro atoms. The van der Waals surface area contributed by atoms with E-state index in [-0.39, 0.29) is 31.3 Å². The van der Waals surface area contributed by atoms with E-state index in [9.17, 15) is 14.4 Å². The van der Waals surface area contributed by atoms with Crippen molar-refractivity contribution in [1.82, 2.24) is 20.1 Å². The smallest absolute Gasteiger partial charge is 0.324 e. The number of rotatable bonds is 13. The molecule has 4 N–H and O–H groups in total. The number of urea groups is 1. The van der Waals surface area contributed by atoms with E-state index >= 15 is 0 Å². The van der Waals surface area contributed by atoms with E-state index in [4.69, 9.17) is 9.84 Å². The fraction of sp³-hybridized carbons (Fsp3) is 0.452. The molecule has 1 atom stereocenters. The van der Waals surface area contributed by atoms with Crippen molar-refractivity contribution in [3.8, 4) is 5.75 Å². The Bertz CT molecular complexity index is 1380. The van der Waals surface area contributed by atoms with Crippen LogP contribution in [0.5, 0.6) is 5.75 Å². The van der Waals surface area contributed by atoms with Gasteiger partial charge in [0.15, 0.2) is 0 Å². The molecule has 1 saturated carbocycles. The number of anilines is 2. The second-order valence-corrected chi connectivity index (χ2v) is 11.1. The molecule has 4 rings (SSSR count). The number of nitrogens with one attached hydrogen (secondary N) is 3. The van der Waals surface area contributed by atoms with Gasteiger partial charge in [-0.2, -0.15) is 5.10 Å². The van der Waals surface area contributed by atoms with Gasteiger partial charge in [-0.15, -0.1) is 0 Å². The van der Waals surface area contributed by atoms with Gasteiger partial charge < -0.3 is 20.5 Å². The third-order valence-electron chi connectivity index (χ3n) is 7.36. The predicted octanol–water partition coefficient (Wildman–Crippen LogP) is 5.51. The van der Waals surface area contributed by atoms with Crippen molar-refractivity contribution in [3.05, 3.63) is 65.6 Å². The third kappa shape index (κ3) is 8.55. The quantitative estimate of drug-likeness (QED) is 0.210. The number of amides is 3. The number of aromatic nitrogens is 3. The number of aryl methyl sites for hydroxylation is 1. The Morgan fingerprint density at radius 2 is 1.90 bits per heavy atom. The summed E-state index contributed by atoms with van der Waals surface area (Å²) in [6.45, 7) is 4.40. The lowest BCUT2D eigenvalue weighted by atomic mass is 9.98. The summed E-state index contributed by atoms with van der Waals surface area (Å²) >= 11 is 0. The number of carbonyl (C=O) groups is 3. The van der Waals surface area contributed by atoms with Gasteiger partial charge in [0.05, 0.1) is 43.9 Å². The molecule has 0 radical (unpaired) electrons. The topological polar surface area (TPSA) is 147 Å². The molecule has 1 fully saturated rings.